The van der Waals surface area contributed by atoms with Gasteiger partial charge in [0.05, 0.1) is 16.9 Å². The van der Waals surface area contributed by atoms with Crippen molar-refractivity contribution < 1.29 is 5.11 Å². The largest absolute Gasteiger partial charge is 0.506 e. The molecule has 0 saturated heterocycles. The molecule has 2 aromatic rings. The van der Waals surface area contributed by atoms with Crippen LogP contribution in [0.2, 0.25) is 0 Å². The molecule has 0 aliphatic rings. The fourth-order valence-corrected chi connectivity index (χ4v) is 2.45. The molecule has 0 bridgehead atoms. The Morgan fingerprint density at radius 2 is 2.06 bits per heavy atom. The molecule has 0 saturated carbocycles. The van der Waals surface area contributed by atoms with Gasteiger partial charge in [0, 0.05) is 22.9 Å². The maximum atomic E-state index is 9.16. The summed E-state index contributed by atoms with van der Waals surface area (Å²) in [6.07, 6.45) is 2.19. The molecule has 0 spiro atoms. The number of thiazole rings is 1. The van der Waals surface area contributed by atoms with E-state index in [4.69, 9.17) is 5.11 Å². The predicted molar refractivity (Wildman–Crippen MR) is 69.5 cm³/mol. The molecule has 1 N–H and O–H groups in total. The molecule has 0 atom stereocenters. The van der Waals surface area contributed by atoms with Crippen LogP contribution >= 0.6 is 11.3 Å². The predicted octanol–water partition coefficient (Wildman–Crippen LogP) is 3.13. The van der Waals surface area contributed by atoms with Crippen molar-refractivity contribution in [2.45, 2.75) is 32.6 Å². The summed E-state index contributed by atoms with van der Waals surface area (Å²) >= 11 is 1.66. The fourth-order valence-electron chi connectivity index (χ4n) is 1.41. The van der Waals surface area contributed by atoms with Gasteiger partial charge < -0.3 is 5.11 Å². The molecule has 3 nitrogen and oxygen atoms in total. The summed E-state index contributed by atoms with van der Waals surface area (Å²) in [5.41, 5.74) is 2.14. The van der Waals surface area contributed by atoms with E-state index in [9.17, 15) is 0 Å². The first-order valence-electron chi connectivity index (χ1n) is 5.54. The zero-order valence-electron chi connectivity index (χ0n) is 10.3. The molecular weight excluding hydrogens is 232 g/mol. The number of nitrogens with zero attached hydrogens (tertiary/aromatic N) is 2. The van der Waals surface area contributed by atoms with Crippen molar-refractivity contribution in [1.29, 1.82) is 0 Å². The molecule has 0 fully saturated rings. The number of aromatic hydroxyl groups is 1. The van der Waals surface area contributed by atoms with Crippen molar-refractivity contribution in [2.75, 3.05) is 0 Å². The van der Waals surface area contributed by atoms with Crippen LogP contribution in [0.25, 0.3) is 0 Å². The Hall–Kier alpha value is -1.42. The highest BCUT2D eigenvalue weighted by molar-refractivity contribution is 7.09. The van der Waals surface area contributed by atoms with E-state index in [-0.39, 0.29) is 11.2 Å². The lowest BCUT2D eigenvalue weighted by molar-refractivity contribution is 0.472. The fraction of sp³-hybridized carbons (Fsp3) is 0.385. The van der Waals surface area contributed by atoms with Crippen LogP contribution in [0.5, 0.6) is 5.75 Å². The SMILES string of the molecule is CC(C)(C)c1csc(Cc2ccc(O)cn2)n1. The average Bonchev–Trinajstić information content (AvgIpc) is 2.69. The lowest BCUT2D eigenvalue weighted by atomic mass is 9.93. The zero-order chi connectivity index (χ0) is 12.5. The Bertz CT molecular complexity index is 497. The van der Waals surface area contributed by atoms with Crippen molar-refractivity contribution in [3.8, 4) is 5.75 Å². The highest BCUT2D eigenvalue weighted by Gasteiger charge is 2.17. The van der Waals surface area contributed by atoms with Crippen molar-refractivity contribution >= 4 is 11.3 Å². The van der Waals surface area contributed by atoms with E-state index in [1.165, 1.54) is 6.20 Å². The Morgan fingerprint density at radius 3 is 2.59 bits per heavy atom. The minimum absolute atomic E-state index is 0.0944. The second kappa shape index (κ2) is 4.45. The van der Waals surface area contributed by atoms with E-state index in [2.05, 4.69) is 36.1 Å². The van der Waals surface area contributed by atoms with E-state index >= 15 is 0 Å². The summed E-state index contributed by atoms with van der Waals surface area (Å²) in [5, 5.41) is 12.3. The first-order chi connectivity index (χ1) is 7.95. The van der Waals surface area contributed by atoms with E-state index in [0.717, 1.165) is 22.8 Å². The quantitative estimate of drug-likeness (QED) is 0.888. The molecule has 0 unspecified atom stereocenters. The smallest absolute Gasteiger partial charge is 0.133 e. The molecular formula is C13H16N2OS. The van der Waals surface area contributed by atoms with Gasteiger partial charge in [0.15, 0.2) is 0 Å². The van der Waals surface area contributed by atoms with Crippen LogP contribution < -0.4 is 0 Å². The van der Waals surface area contributed by atoms with Crippen LogP contribution in [0, 0.1) is 0 Å². The van der Waals surface area contributed by atoms with E-state index < -0.39 is 0 Å². The van der Waals surface area contributed by atoms with E-state index in [0.29, 0.717) is 0 Å². The lowest BCUT2D eigenvalue weighted by Crippen LogP contribution is -2.11. The minimum atomic E-state index is 0.0944. The average molecular weight is 248 g/mol. The summed E-state index contributed by atoms with van der Waals surface area (Å²) in [6, 6.07) is 3.48. The van der Waals surface area contributed by atoms with Gasteiger partial charge in [-0.05, 0) is 12.1 Å². The molecule has 0 amide bonds. The zero-order valence-corrected chi connectivity index (χ0v) is 11.1. The topological polar surface area (TPSA) is 46.0 Å². The third-order valence-electron chi connectivity index (χ3n) is 2.46. The second-order valence-corrected chi connectivity index (χ2v) is 6.00. The van der Waals surface area contributed by atoms with Gasteiger partial charge in [0.1, 0.15) is 5.75 Å². The molecule has 90 valence electrons. The minimum Gasteiger partial charge on any atom is -0.506 e. The normalized spacial score (nSPS) is 11.7. The highest BCUT2D eigenvalue weighted by Crippen LogP contribution is 2.24. The summed E-state index contributed by atoms with van der Waals surface area (Å²) in [5.74, 6) is 0.197. The van der Waals surface area contributed by atoms with Gasteiger partial charge in [-0.1, -0.05) is 20.8 Å². The van der Waals surface area contributed by atoms with Gasteiger partial charge in [0.2, 0.25) is 0 Å². The van der Waals surface area contributed by atoms with Crippen LogP contribution in [0.1, 0.15) is 37.2 Å². The molecule has 0 aromatic carbocycles. The van der Waals surface area contributed by atoms with Crippen LogP contribution in [0.4, 0.5) is 0 Å². The van der Waals surface area contributed by atoms with E-state index in [1.807, 2.05) is 6.07 Å². The van der Waals surface area contributed by atoms with E-state index in [1.54, 1.807) is 17.4 Å². The Balaban J connectivity index is 2.14. The molecule has 4 heteroatoms. The van der Waals surface area contributed by atoms with Crippen LogP contribution in [-0.4, -0.2) is 15.1 Å². The first-order valence-corrected chi connectivity index (χ1v) is 6.42. The monoisotopic (exact) mass is 248 g/mol. The van der Waals surface area contributed by atoms with Gasteiger partial charge in [-0.2, -0.15) is 0 Å². The van der Waals surface area contributed by atoms with Crippen molar-refractivity contribution in [3.05, 3.63) is 40.1 Å². The van der Waals surface area contributed by atoms with Crippen molar-refractivity contribution in [2.24, 2.45) is 0 Å². The van der Waals surface area contributed by atoms with Crippen LogP contribution in [-0.2, 0) is 11.8 Å². The molecule has 2 aromatic heterocycles. The maximum absolute atomic E-state index is 9.16. The molecule has 17 heavy (non-hydrogen) atoms. The maximum Gasteiger partial charge on any atom is 0.133 e. The first kappa shape index (κ1) is 12.0. The Labute approximate surface area is 105 Å². The summed E-state index contributed by atoms with van der Waals surface area (Å²) in [7, 11) is 0. The highest BCUT2D eigenvalue weighted by atomic mass is 32.1. The molecule has 2 heterocycles. The van der Waals surface area contributed by atoms with Crippen LogP contribution in [0.3, 0.4) is 0 Å². The van der Waals surface area contributed by atoms with Crippen molar-refractivity contribution in [1.82, 2.24) is 9.97 Å². The molecule has 0 radical (unpaired) electrons. The Kier molecular flexibility index (Phi) is 3.15. The molecule has 2 rings (SSSR count). The van der Waals surface area contributed by atoms with Gasteiger partial charge in [-0.15, -0.1) is 11.3 Å². The second-order valence-electron chi connectivity index (χ2n) is 5.06. The third-order valence-corrected chi connectivity index (χ3v) is 3.31. The standard InChI is InChI=1S/C13H16N2OS/c1-13(2,3)11-8-17-12(15-11)6-9-4-5-10(16)7-14-9/h4-5,7-8,16H,6H2,1-3H3. The third kappa shape index (κ3) is 3.03. The Morgan fingerprint density at radius 1 is 1.29 bits per heavy atom. The molecule has 0 aliphatic carbocycles. The number of aromatic nitrogens is 2. The van der Waals surface area contributed by atoms with Gasteiger partial charge in [0.25, 0.3) is 0 Å². The summed E-state index contributed by atoms with van der Waals surface area (Å²) in [6.45, 7) is 6.47. The lowest BCUT2D eigenvalue weighted by Gasteiger charge is -2.14. The van der Waals surface area contributed by atoms with Gasteiger partial charge in [-0.3, -0.25) is 4.98 Å². The summed E-state index contributed by atoms with van der Waals surface area (Å²) < 4.78 is 0. The number of rotatable bonds is 2. The number of hydrogen-bond acceptors (Lipinski definition) is 4. The number of hydrogen-bond donors (Lipinski definition) is 1. The van der Waals surface area contributed by atoms with Gasteiger partial charge >= 0.3 is 0 Å². The van der Waals surface area contributed by atoms with Gasteiger partial charge in [-0.25, -0.2) is 4.98 Å². The summed E-state index contributed by atoms with van der Waals surface area (Å²) in [4.78, 5) is 8.78. The number of pyridine rings is 1. The molecule has 0 aliphatic heterocycles. The van der Waals surface area contributed by atoms with Crippen molar-refractivity contribution in [3.63, 3.8) is 0 Å². The van der Waals surface area contributed by atoms with Crippen LogP contribution in [0.15, 0.2) is 23.7 Å².